The molecule has 2 rings (SSSR count). The van der Waals surface area contributed by atoms with Crippen LogP contribution in [0.5, 0.6) is 0 Å². The number of aromatic nitrogens is 4. The molecular weight excluding hydrogens is 212 g/mol. The minimum Gasteiger partial charge on any atom is -0.333 e. The van der Waals surface area contributed by atoms with Gasteiger partial charge >= 0.3 is 0 Å². The lowest BCUT2D eigenvalue weighted by atomic mass is 10.2. The Hall–Kier alpha value is -1.42. The summed E-state index contributed by atoms with van der Waals surface area (Å²) in [5.41, 5.74) is 1.75. The molecule has 0 saturated heterocycles. The van der Waals surface area contributed by atoms with Crippen LogP contribution in [0.2, 0.25) is 5.15 Å². The molecule has 0 atom stereocenters. The molecule has 4 nitrogen and oxygen atoms in total. The van der Waals surface area contributed by atoms with Crippen LogP contribution in [0, 0.1) is 0 Å². The lowest BCUT2D eigenvalue weighted by Gasteiger charge is -2.07. The van der Waals surface area contributed by atoms with E-state index in [-0.39, 0.29) is 0 Å². The van der Waals surface area contributed by atoms with Gasteiger partial charge in [-0.2, -0.15) is 0 Å². The van der Waals surface area contributed by atoms with Crippen molar-refractivity contribution in [3.63, 3.8) is 0 Å². The molecule has 0 aliphatic rings. The van der Waals surface area contributed by atoms with Gasteiger partial charge in [0.1, 0.15) is 17.2 Å². The first kappa shape index (κ1) is 10.1. The van der Waals surface area contributed by atoms with Gasteiger partial charge in [0.25, 0.3) is 0 Å². The fraction of sp³-hybridized carbons (Fsp3) is 0.300. The summed E-state index contributed by atoms with van der Waals surface area (Å²) in [7, 11) is 1.93. The number of nitrogens with zero attached hydrogens (tertiary/aromatic N) is 4. The average molecular weight is 223 g/mol. The second kappa shape index (κ2) is 3.98. The molecule has 0 fully saturated rings. The zero-order valence-corrected chi connectivity index (χ0v) is 9.36. The largest absolute Gasteiger partial charge is 0.333 e. The lowest BCUT2D eigenvalue weighted by Crippen LogP contribution is -2.00. The SMILES string of the molecule is CCc1c(Cl)ncnc1-c1nccn1C. The Morgan fingerprint density at radius 3 is 2.73 bits per heavy atom. The number of hydrogen-bond acceptors (Lipinski definition) is 3. The van der Waals surface area contributed by atoms with Crippen LogP contribution < -0.4 is 0 Å². The molecule has 78 valence electrons. The van der Waals surface area contributed by atoms with Crippen LogP contribution in [0.3, 0.4) is 0 Å². The summed E-state index contributed by atoms with van der Waals surface area (Å²) in [5, 5.41) is 0.505. The van der Waals surface area contributed by atoms with Gasteiger partial charge in [-0.1, -0.05) is 18.5 Å². The highest BCUT2D eigenvalue weighted by Crippen LogP contribution is 2.23. The van der Waals surface area contributed by atoms with Crippen molar-refractivity contribution in [1.82, 2.24) is 19.5 Å². The van der Waals surface area contributed by atoms with Gasteiger partial charge in [-0.15, -0.1) is 0 Å². The molecule has 15 heavy (non-hydrogen) atoms. The van der Waals surface area contributed by atoms with E-state index in [0.29, 0.717) is 5.15 Å². The van der Waals surface area contributed by atoms with Crippen LogP contribution in [-0.4, -0.2) is 19.5 Å². The number of hydrogen-bond donors (Lipinski definition) is 0. The first-order valence-electron chi connectivity index (χ1n) is 4.71. The van der Waals surface area contributed by atoms with Crippen molar-refractivity contribution in [3.8, 4) is 11.5 Å². The molecule has 0 spiro atoms. The van der Waals surface area contributed by atoms with Gasteiger partial charge in [0.2, 0.25) is 0 Å². The number of halogens is 1. The van der Waals surface area contributed by atoms with Crippen molar-refractivity contribution >= 4 is 11.6 Å². The van der Waals surface area contributed by atoms with E-state index in [4.69, 9.17) is 11.6 Å². The second-order valence-electron chi connectivity index (χ2n) is 3.21. The van der Waals surface area contributed by atoms with E-state index >= 15 is 0 Å². The van der Waals surface area contributed by atoms with Gasteiger partial charge in [-0.05, 0) is 6.42 Å². The maximum absolute atomic E-state index is 6.01. The molecule has 0 amide bonds. The third kappa shape index (κ3) is 1.72. The molecular formula is C10H11ClN4. The summed E-state index contributed by atoms with van der Waals surface area (Å²) in [6, 6.07) is 0. The van der Waals surface area contributed by atoms with Crippen LogP contribution in [0.4, 0.5) is 0 Å². The van der Waals surface area contributed by atoms with Crippen molar-refractivity contribution in [2.45, 2.75) is 13.3 Å². The molecule has 0 unspecified atom stereocenters. The number of rotatable bonds is 2. The third-order valence-corrected chi connectivity index (χ3v) is 2.61. The van der Waals surface area contributed by atoms with Gasteiger partial charge in [-0.3, -0.25) is 0 Å². The molecule has 2 aromatic heterocycles. The van der Waals surface area contributed by atoms with Crippen LogP contribution >= 0.6 is 11.6 Å². The molecule has 2 aromatic rings. The minimum atomic E-state index is 0.505. The van der Waals surface area contributed by atoms with Crippen molar-refractivity contribution < 1.29 is 0 Å². The monoisotopic (exact) mass is 222 g/mol. The molecule has 2 heterocycles. The summed E-state index contributed by atoms with van der Waals surface area (Å²) in [5.74, 6) is 0.816. The van der Waals surface area contributed by atoms with Gasteiger partial charge in [0.15, 0.2) is 5.82 Å². The molecule has 5 heteroatoms. The molecule has 0 aliphatic heterocycles. The van der Waals surface area contributed by atoms with Crippen molar-refractivity contribution in [1.29, 1.82) is 0 Å². The highest BCUT2D eigenvalue weighted by molar-refractivity contribution is 6.30. The molecule has 0 bridgehead atoms. The van der Waals surface area contributed by atoms with E-state index < -0.39 is 0 Å². The van der Waals surface area contributed by atoms with Crippen molar-refractivity contribution in [2.24, 2.45) is 7.05 Å². The van der Waals surface area contributed by atoms with E-state index in [1.807, 2.05) is 24.7 Å². The van der Waals surface area contributed by atoms with Gasteiger partial charge in [-0.25, -0.2) is 15.0 Å². The first-order chi connectivity index (χ1) is 7.24. The predicted molar refractivity (Wildman–Crippen MR) is 58.6 cm³/mol. The Morgan fingerprint density at radius 1 is 1.33 bits per heavy atom. The Morgan fingerprint density at radius 2 is 2.13 bits per heavy atom. The third-order valence-electron chi connectivity index (χ3n) is 2.28. The van der Waals surface area contributed by atoms with Crippen LogP contribution in [0.1, 0.15) is 12.5 Å². The Labute approximate surface area is 93.0 Å². The average Bonchev–Trinajstić information content (AvgIpc) is 2.64. The normalized spacial score (nSPS) is 10.6. The molecule has 0 N–H and O–H groups in total. The quantitative estimate of drug-likeness (QED) is 0.731. The zero-order chi connectivity index (χ0) is 10.8. The summed E-state index contributed by atoms with van der Waals surface area (Å²) in [6.45, 7) is 2.02. The van der Waals surface area contributed by atoms with E-state index in [9.17, 15) is 0 Å². The number of imidazole rings is 1. The lowest BCUT2D eigenvalue weighted by molar-refractivity contribution is 0.906. The van der Waals surface area contributed by atoms with Gasteiger partial charge in [0.05, 0.1) is 0 Å². The maximum Gasteiger partial charge on any atom is 0.158 e. The highest BCUT2D eigenvalue weighted by atomic mass is 35.5. The standard InChI is InChI=1S/C10H11ClN4/c1-3-7-8(13-6-14-9(7)11)10-12-4-5-15(10)2/h4-6H,3H2,1-2H3. The fourth-order valence-corrected chi connectivity index (χ4v) is 1.76. The Balaban J connectivity index is 2.63. The van der Waals surface area contributed by atoms with Crippen molar-refractivity contribution in [2.75, 3.05) is 0 Å². The molecule has 0 saturated carbocycles. The second-order valence-corrected chi connectivity index (χ2v) is 3.56. The van der Waals surface area contributed by atoms with E-state index in [0.717, 1.165) is 23.5 Å². The Bertz CT molecular complexity index is 478. The highest BCUT2D eigenvalue weighted by Gasteiger charge is 2.13. The smallest absolute Gasteiger partial charge is 0.158 e. The van der Waals surface area contributed by atoms with Crippen LogP contribution in [0.25, 0.3) is 11.5 Å². The van der Waals surface area contributed by atoms with Crippen LogP contribution in [-0.2, 0) is 13.5 Å². The molecule has 0 aromatic carbocycles. The van der Waals surface area contributed by atoms with Gasteiger partial charge < -0.3 is 4.57 Å². The predicted octanol–water partition coefficient (Wildman–Crippen LogP) is 2.09. The number of aryl methyl sites for hydroxylation is 1. The summed E-state index contributed by atoms with van der Waals surface area (Å²) in [4.78, 5) is 12.5. The Kier molecular flexibility index (Phi) is 2.68. The maximum atomic E-state index is 6.01. The zero-order valence-electron chi connectivity index (χ0n) is 8.61. The molecule has 0 radical (unpaired) electrons. The van der Waals surface area contributed by atoms with E-state index in [1.54, 1.807) is 6.20 Å². The topological polar surface area (TPSA) is 43.6 Å². The summed E-state index contributed by atoms with van der Waals surface area (Å²) < 4.78 is 1.91. The van der Waals surface area contributed by atoms with E-state index in [2.05, 4.69) is 15.0 Å². The first-order valence-corrected chi connectivity index (χ1v) is 5.09. The molecule has 0 aliphatic carbocycles. The van der Waals surface area contributed by atoms with Crippen molar-refractivity contribution in [3.05, 3.63) is 29.4 Å². The van der Waals surface area contributed by atoms with Crippen LogP contribution in [0.15, 0.2) is 18.7 Å². The summed E-state index contributed by atoms with van der Waals surface area (Å²) >= 11 is 6.01. The van der Waals surface area contributed by atoms with Gasteiger partial charge in [0, 0.05) is 25.0 Å². The fourth-order valence-electron chi connectivity index (χ4n) is 1.49. The minimum absolute atomic E-state index is 0.505. The summed E-state index contributed by atoms with van der Waals surface area (Å²) in [6.07, 6.45) is 5.88. The van der Waals surface area contributed by atoms with E-state index in [1.165, 1.54) is 6.33 Å².